The van der Waals surface area contributed by atoms with E-state index in [0.29, 0.717) is 0 Å². The van der Waals surface area contributed by atoms with Gasteiger partial charge in [0.15, 0.2) is 0 Å². The predicted molar refractivity (Wildman–Crippen MR) is 58.6 cm³/mol. The minimum atomic E-state index is 0.789. The van der Waals surface area contributed by atoms with Crippen molar-refractivity contribution < 1.29 is 9.15 Å². The fourth-order valence-corrected chi connectivity index (χ4v) is 1.67. The van der Waals surface area contributed by atoms with E-state index in [4.69, 9.17) is 9.15 Å². The molecule has 0 spiro atoms. The first-order chi connectivity index (χ1) is 7.45. The summed E-state index contributed by atoms with van der Waals surface area (Å²) >= 11 is 0. The Morgan fingerprint density at radius 2 is 2.40 bits per heavy atom. The zero-order valence-electron chi connectivity index (χ0n) is 8.87. The topological polar surface area (TPSA) is 34.4 Å². The van der Waals surface area contributed by atoms with Crippen LogP contribution in [-0.2, 0) is 11.3 Å². The lowest BCUT2D eigenvalue weighted by Gasteiger charge is -2.13. The molecule has 3 heteroatoms. The number of nitrogens with one attached hydrogen (secondary N) is 1. The summed E-state index contributed by atoms with van der Waals surface area (Å²) < 4.78 is 10.2. The van der Waals surface area contributed by atoms with Crippen LogP contribution in [0.1, 0.15) is 18.4 Å². The van der Waals surface area contributed by atoms with Crippen molar-refractivity contribution in [1.82, 2.24) is 5.32 Å². The van der Waals surface area contributed by atoms with Gasteiger partial charge in [0.1, 0.15) is 0 Å². The van der Waals surface area contributed by atoms with Gasteiger partial charge in [0.2, 0.25) is 0 Å². The lowest BCUT2D eigenvalue weighted by Crippen LogP contribution is -2.16. The molecule has 0 saturated heterocycles. The molecule has 2 rings (SSSR count). The largest absolute Gasteiger partial charge is 0.472 e. The van der Waals surface area contributed by atoms with E-state index in [1.165, 1.54) is 11.1 Å². The van der Waals surface area contributed by atoms with Gasteiger partial charge in [0, 0.05) is 12.1 Å². The Bertz CT molecular complexity index is 303. The highest BCUT2D eigenvalue weighted by molar-refractivity contribution is 5.06. The molecule has 0 bridgehead atoms. The van der Waals surface area contributed by atoms with Crippen LogP contribution >= 0.6 is 0 Å². The maximum atomic E-state index is 5.26. The quantitative estimate of drug-likeness (QED) is 0.593. The van der Waals surface area contributed by atoms with Crippen LogP contribution in [0.3, 0.4) is 0 Å². The second kappa shape index (κ2) is 5.73. The SMILES string of the molecule is C1=C(CCNCc2ccoc2)CCOC1. The molecule has 15 heavy (non-hydrogen) atoms. The first-order valence-electron chi connectivity index (χ1n) is 5.42. The monoisotopic (exact) mass is 207 g/mol. The molecule has 82 valence electrons. The van der Waals surface area contributed by atoms with Crippen molar-refractivity contribution in [2.45, 2.75) is 19.4 Å². The van der Waals surface area contributed by atoms with Gasteiger partial charge in [0.05, 0.1) is 25.7 Å². The molecule has 1 aromatic rings. The van der Waals surface area contributed by atoms with Gasteiger partial charge in [0.25, 0.3) is 0 Å². The molecular weight excluding hydrogens is 190 g/mol. The summed E-state index contributed by atoms with van der Waals surface area (Å²) in [6.07, 6.45) is 7.90. The Morgan fingerprint density at radius 1 is 1.40 bits per heavy atom. The van der Waals surface area contributed by atoms with Crippen molar-refractivity contribution in [2.24, 2.45) is 0 Å². The number of ether oxygens (including phenoxy) is 1. The van der Waals surface area contributed by atoms with Gasteiger partial charge in [-0.3, -0.25) is 0 Å². The molecule has 1 aliphatic heterocycles. The van der Waals surface area contributed by atoms with Crippen LogP contribution in [0.4, 0.5) is 0 Å². The van der Waals surface area contributed by atoms with Crippen LogP contribution < -0.4 is 5.32 Å². The Kier molecular flexibility index (Phi) is 4.00. The summed E-state index contributed by atoms with van der Waals surface area (Å²) in [5.74, 6) is 0. The zero-order chi connectivity index (χ0) is 10.3. The van der Waals surface area contributed by atoms with E-state index in [1.807, 2.05) is 6.07 Å². The van der Waals surface area contributed by atoms with E-state index in [0.717, 1.165) is 39.1 Å². The highest BCUT2D eigenvalue weighted by Gasteiger charge is 2.02. The number of hydrogen-bond acceptors (Lipinski definition) is 3. The molecule has 1 aliphatic rings. The third-order valence-corrected chi connectivity index (χ3v) is 2.59. The summed E-state index contributed by atoms with van der Waals surface area (Å²) in [7, 11) is 0. The Balaban J connectivity index is 1.60. The zero-order valence-corrected chi connectivity index (χ0v) is 8.87. The van der Waals surface area contributed by atoms with Crippen LogP contribution in [0.15, 0.2) is 34.7 Å². The second-order valence-corrected chi connectivity index (χ2v) is 3.75. The average molecular weight is 207 g/mol. The van der Waals surface area contributed by atoms with E-state index in [9.17, 15) is 0 Å². The van der Waals surface area contributed by atoms with E-state index in [2.05, 4.69) is 11.4 Å². The molecule has 1 aromatic heterocycles. The molecular formula is C12H17NO2. The van der Waals surface area contributed by atoms with Gasteiger partial charge in [-0.15, -0.1) is 0 Å². The van der Waals surface area contributed by atoms with Crippen molar-refractivity contribution in [1.29, 1.82) is 0 Å². The summed E-state index contributed by atoms with van der Waals surface area (Å²) in [5, 5.41) is 3.39. The van der Waals surface area contributed by atoms with Crippen molar-refractivity contribution in [3.05, 3.63) is 35.8 Å². The summed E-state index contributed by atoms with van der Waals surface area (Å²) in [6, 6.07) is 1.99. The molecule has 0 fully saturated rings. The van der Waals surface area contributed by atoms with E-state index in [1.54, 1.807) is 12.5 Å². The van der Waals surface area contributed by atoms with Crippen molar-refractivity contribution in [3.8, 4) is 0 Å². The molecule has 0 aromatic carbocycles. The molecule has 0 atom stereocenters. The Hall–Kier alpha value is -1.06. The minimum absolute atomic E-state index is 0.789. The van der Waals surface area contributed by atoms with E-state index < -0.39 is 0 Å². The maximum Gasteiger partial charge on any atom is 0.0947 e. The van der Waals surface area contributed by atoms with Gasteiger partial charge in [-0.25, -0.2) is 0 Å². The van der Waals surface area contributed by atoms with Gasteiger partial charge in [-0.2, -0.15) is 0 Å². The fraction of sp³-hybridized carbons (Fsp3) is 0.500. The van der Waals surface area contributed by atoms with Crippen molar-refractivity contribution in [3.63, 3.8) is 0 Å². The van der Waals surface area contributed by atoms with Crippen LogP contribution in [0.25, 0.3) is 0 Å². The minimum Gasteiger partial charge on any atom is -0.472 e. The highest BCUT2D eigenvalue weighted by Crippen LogP contribution is 2.10. The van der Waals surface area contributed by atoms with Gasteiger partial charge in [-0.05, 0) is 25.5 Å². The first-order valence-corrected chi connectivity index (χ1v) is 5.42. The van der Waals surface area contributed by atoms with Gasteiger partial charge >= 0.3 is 0 Å². The molecule has 0 radical (unpaired) electrons. The van der Waals surface area contributed by atoms with Crippen LogP contribution in [0.5, 0.6) is 0 Å². The lowest BCUT2D eigenvalue weighted by atomic mass is 10.1. The number of furan rings is 1. The predicted octanol–water partition coefficient (Wildman–Crippen LogP) is 2.11. The van der Waals surface area contributed by atoms with Crippen LogP contribution in [-0.4, -0.2) is 19.8 Å². The Labute approximate surface area is 90.1 Å². The average Bonchev–Trinajstić information content (AvgIpc) is 2.79. The summed E-state index contributed by atoms with van der Waals surface area (Å²) in [4.78, 5) is 0. The van der Waals surface area contributed by atoms with Crippen molar-refractivity contribution >= 4 is 0 Å². The first kappa shape index (κ1) is 10.5. The van der Waals surface area contributed by atoms with Crippen LogP contribution in [0.2, 0.25) is 0 Å². The molecule has 0 amide bonds. The smallest absolute Gasteiger partial charge is 0.0947 e. The molecule has 2 heterocycles. The molecule has 0 unspecified atom stereocenters. The second-order valence-electron chi connectivity index (χ2n) is 3.75. The molecule has 0 saturated carbocycles. The van der Waals surface area contributed by atoms with Gasteiger partial charge in [-0.1, -0.05) is 11.6 Å². The number of hydrogen-bond donors (Lipinski definition) is 1. The summed E-state index contributed by atoms with van der Waals surface area (Å²) in [6.45, 7) is 3.59. The maximum absolute atomic E-state index is 5.26. The third kappa shape index (κ3) is 3.53. The summed E-state index contributed by atoms with van der Waals surface area (Å²) in [5.41, 5.74) is 2.72. The highest BCUT2D eigenvalue weighted by atomic mass is 16.5. The fourth-order valence-electron chi connectivity index (χ4n) is 1.67. The lowest BCUT2D eigenvalue weighted by molar-refractivity contribution is 0.153. The standard InChI is InChI=1S/C12H17NO2/c1(11-2-6-14-7-3-11)5-13-9-12-4-8-15-10-12/h2,4,8,10,13H,1,3,5-7,9H2. The third-order valence-electron chi connectivity index (χ3n) is 2.59. The van der Waals surface area contributed by atoms with E-state index in [-0.39, 0.29) is 0 Å². The molecule has 1 N–H and O–H groups in total. The molecule has 0 aliphatic carbocycles. The van der Waals surface area contributed by atoms with Crippen molar-refractivity contribution in [2.75, 3.05) is 19.8 Å². The normalized spacial score (nSPS) is 16.4. The number of rotatable bonds is 5. The Morgan fingerprint density at radius 3 is 3.13 bits per heavy atom. The van der Waals surface area contributed by atoms with E-state index >= 15 is 0 Å². The van der Waals surface area contributed by atoms with Gasteiger partial charge < -0.3 is 14.5 Å². The van der Waals surface area contributed by atoms with Crippen LogP contribution in [0, 0.1) is 0 Å². The molecule has 3 nitrogen and oxygen atoms in total.